The third-order valence-electron chi connectivity index (χ3n) is 2.89. The number of ketones is 1. The molecule has 0 amide bonds. The lowest BCUT2D eigenvalue weighted by Gasteiger charge is -2.02. The van der Waals surface area contributed by atoms with Crippen molar-refractivity contribution in [3.05, 3.63) is 63.1 Å². The molecule has 0 radical (unpaired) electrons. The molecule has 0 saturated heterocycles. The van der Waals surface area contributed by atoms with Gasteiger partial charge in [0.1, 0.15) is 11.5 Å². The number of hydrogen-bond donors (Lipinski definition) is 1. The highest BCUT2D eigenvalue weighted by atomic mass is 79.9. The zero-order chi connectivity index (χ0) is 14.3. The Kier molecular flexibility index (Phi) is 3.31. The van der Waals surface area contributed by atoms with E-state index in [1.165, 1.54) is 18.3 Å². The molecule has 100 valence electrons. The third-order valence-corrected chi connectivity index (χ3v) is 3.66. The Bertz CT molecular complexity index is 811. The standard InChI is InChI=1S/C14H7BrClFN2O/c15-8-3-7(4-9(17)5-8)13(20)10-6-19-14-12(10)11(16)1-2-18-14/h1-6H,(H,18,19). The van der Waals surface area contributed by atoms with Crippen LogP contribution in [0.25, 0.3) is 11.0 Å². The molecule has 0 fully saturated rings. The van der Waals surface area contributed by atoms with Gasteiger partial charge in [-0.2, -0.15) is 0 Å². The summed E-state index contributed by atoms with van der Waals surface area (Å²) in [6, 6.07) is 5.65. The normalized spacial score (nSPS) is 10.9. The number of H-pyrrole nitrogens is 1. The highest BCUT2D eigenvalue weighted by Gasteiger charge is 2.17. The number of aromatic amines is 1. The number of nitrogens with one attached hydrogen (secondary N) is 1. The van der Waals surface area contributed by atoms with Gasteiger partial charge in [0.05, 0.1) is 10.6 Å². The van der Waals surface area contributed by atoms with Crippen LogP contribution in [-0.2, 0) is 0 Å². The van der Waals surface area contributed by atoms with E-state index in [9.17, 15) is 9.18 Å². The SMILES string of the molecule is O=C(c1cc(F)cc(Br)c1)c1c[nH]c2nccc(Cl)c12. The minimum atomic E-state index is -0.480. The maximum absolute atomic E-state index is 13.4. The number of benzene rings is 1. The lowest BCUT2D eigenvalue weighted by Crippen LogP contribution is -2.01. The summed E-state index contributed by atoms with van der Waals surface area (Å²) in [6.07, 6.45) is 3.08. The number of fused-ring (bicyclic) bond motifs is 1. The van der Waals surface area contributed by atoms with E-state index in [4.69, 9.17) is 11.6 Å². The second kappa shape index (κ2) is 5.00. The van der Waals surface area contributed by atoms with Crippen molar-refractivity contribution in [3.8, 4) is 0 Å². The second-order valence-electron chi connectivity index (χ2n) is 4.21. The molecule has 0 aliphatic heterocycles. The molecule has 0 saturated carbocycles. The largest absolute Gasteiger partial charge is 0.345 e. The van der Waals surface area contributed by atoms with Crippen LogP contribution < -0.4 is 0 Å². The molecule has 0 spiro atoms. The topological polar surface area (TPSA) is 45.8 Å². The number of carbonyl (C=O) groups is 1. The quantitative estimate of drug-likeness (QED) is 0.696. The van der Waals surface area contributed by atoms with Crippen LogP contribution in [0.4, 0.5) is 4.39 Å². The molecular formula is C14H7BrClFN2O. The van der Waals surface area contributed by atoms with Crippen molar-refractivity contribution in [2.75, 3.05) is 0 Å². The highest BCUT2D eigenvalue weighted by Crippen LogP contribution is 2.27. The van der Waals surface area contributed by atoms with Crippen LogP contribution in [0.1, 0.15) is 15.9 Å². The molecule has 3 aromatic rings. The predicted molar refractivity (Wildman–Crippen MR) is 78.6 cm³/mol. The van der Waals surface area contributed by atoms with Gasteiger partial charge >= 0.3 is 0 Å². The van der Waals surface area contributed by atoms with E-state index < -0.39 is 5.82 Å². The van der Waals surface area contributed by atoms with Crippen LogP contribution in [0.15, 0.2) is 41.1 Å². The highest BCUT2D eigenvalue weighted by molar-refractivity contribution is 9.10. The molecule has 3 nitrogen and oxygen atoms in total. The molecular weight excluding hydrogens is 347 g/mol. The smallest absolute Gasteiger partial charge is 0.195 e. The molecule has 0 aliphatic carbocycles. The van der Waals surface area contributed by atoms with Gasteiger partial charge < -0.3 is 4.98 Å². The lowest BCUT2D eigenvalue weighted by molar-refractivity contribution is 0.104. The molecule has 0 atom stereocenters. The molecule has 0 unspecified atom stereocenters. The Morgan fingerprint density at radius 3 is 2.90 bits per heavy atom. The molecule has 20 heavy (non-hydrogen) atoms. The monoisotopic (exact) mass is 352 g/mol. The van der Waals surface area contributed by atoms with Gasteiger partial charge in [0.25, 0.3) is 0 Å². The fraction of sp³-hybridized carbons (Fsp3) is 0. The predicted octanol–water partition coefficient (Wildman–Crippen LogP) is 4.35. The summed E-state index contributed by atoms with van der Waals surface area (Å²) in [6.45, 7) is 0. The van der Waals surface area contributed by atoms with Crippen LogP contribution in [0, 0.1) is 5.82 Å². The zero-order valence-electron chi connectivity index (χ0n) is 9.95. The molecule has 2 heterocycles. The fourth-order valence-electron chi connectivity index (χ4n) is 2.04. The first kappa shape index (κ1) is 13.3. The van der Waals surface area contributed by atoms with Gasteiger partial charge in [0.2, 0.25) is 0 Å². The molecule has 3 rings (SSSR count). The Balaban J connectivity index is 2.18. The number of rotatable bonds is 2. The Morgan fingerprint density at radius 1 is 1.35 bits per heavy atom. The maximum Gasteiger partial charge on any atom is 0.195 e. The van der Waals surface area contributed by atoms with Crippen LogP contribution >= 0.6 is 27.5 Å². The first-order valence-corrected chi connectivity index (χ1v) is 6.86. The van der Waals surface area contributed by atoms with Gasteiger partial charge in [-0.3, -0.25) is 4.79 Å². The molecule has 0 aliphatic rings. The van der Waals surface area contributed by atoms with E-state index in [1.54, 1.807) is 18.3 Å². The average Bonchev–Trinajstić information content (AvgIpc) is 2.82. The number of pyridine rings is 1. The zero-order valence-corrected chi connectivity index (χ0v) is 12.3. The number of carbonyl (C=O) groups excluding carboxylic acids is 1. The average molecular weight is 354 g/mol. The van der Waals surface area contributed by atoms with Crippen molar-refractivity contribution in [3.63, 3.8) is 0 Å². The Labute approximate surface area is 126 Å². The Morgan fingerprint density at radius 2 is 2.15 bits per heavy atom. The van der Waals surface area contributed by atoms with E-state index in [0.29, 0.717) is 26.1 Å². The van der Waals surface area contributed by atoms with Gasteiger partial charge in [-0.25, -0.2) is 9.37 Å². The van der Waals surface area contributed by atoms with Crippen LogP contribution in [0.3, 0.4) is 0 Å². The first-order chi connectivity index (χ1) is 9.56. The van der Waals surface area contributed by atoms with Crippen molar-refractivity contribution in [2.24, 2.45) is 0 Å². The maximum atomic E-state index is 13.4. The van der Waals surface area contributed by atoms with E-state index >= 15 is 0 Å². The number of nitrogens with zero attached hydrogens (tertiary/aromatic N) is 1. The summed E-state index contributed by atoms with van der Waals surface area (Å²) in [4.78, 5) is 19.5. The van der Waals surface area contributed by atoms with Gasteiger partial charge in [-0.15, -0.1) is 0 Å². The van der Waals surface area contributed by atoms with Crippen LogP contribution in [0.5, 0.6) is 0 Å². The van der Waals surface area contributed by atoms with Crippen molar-refractivity contribution in [1.29, 1.82) is 0 Å². The summed E-state index contributed by atoms with van der Waals surface area (Å²) < 4.78 is 13.9. The summed E-state index contributed by atoms with van der Waals surface area (Å²) in [5.41, 5.74) is 1.14. The Hall–Kier alpha value is -1.72. The van der Waals surface area contributed by atoms with Crippen LogP contribution in [-0.4, -0.2) is 15.8 Å². The summed E-state index contributed by atoms with van der Waals surface area (Å²) in [5, 5.41) is 0.967. The molecule has 2 aromatic heterocycles. The van der Waals surface area contributed by atoms with Crippen molar-refractivity contribution in [1.82, 2.24) is 9.97 Å². The fourth-order valence-corrected chi connectivity index (χ4v) is 2.75. The number of halogens is 3. The summed E-state index contributed by atoms with van der Waals surface area (Å²) >= 11 is 9.27. The van der Waals surface area contributed by atoms with Crippen molar-refractivity contribution < 1.29 is 9.18 Å². The van der Waals surface area contributed by atoms with Gasteiger partial charge in [-0.1, -0.05) is 27.5 Å². The minimum absolute atomic E-state index is 0.248. The number of hydrogen-bond acceptors (Lipinski definition) is 2. The van der Waals surface area contributed by atoms with Crippen LogP contribution in [0.2, 0.25) is 5.02 Å². The van der Waals surface area contributed by atoms with Crippen molar-refractivity contribution in [2.45, 2.75) is 0 Å². The number of aromatic nitrogens is 2. The summed E-state index contributed by atoms with van der Waals surface area (Å²) in [7, 11) is 0. The van der Waals surface area contributed by atoms with E-state index in [0.717, 1.165) is 0 Å². The molecule has 1 N–H and O–H groups in total. The molecule has 6 heteroatoms. The lowest BCUT2D eigenvalue weighted by atomic mass is 10.0. The molecule has 1 aromatic carbocycles. The van der Waals surface area contributed by atoms with E-state index in [1.807, 2.05) is 0 Å². The minimum Gasteiger partial charge on any atom is -0.345 e. The van der Waals surface area contributed by atoms with E-state index in [-0.39, 0.29) is 11.3 Å². The third kappa shape index (κ3) is 2.23. The second-order valence-corrected chi connectivity index (χ2v) is 5.53. The molecule has 0 bridgehead atoms. The van der Waals surface area contributed by atoms with Gasteiger partial charge in [0, 0.05) is 27.8 Å². The summed E-state index contributed by atoms with van der Waals surface area (Å²) in [5.74, 6) is -0.793. The van der Waals surface area contributed by atoms with Crippen molar-refractivity contribution >= 4 is 44.3 Å². The van der Waals surface area contributed by atoms with Gasteiger partial charge in [-0.05, 0) is 24.3 Å². The van der Waals surface area contributed by atoms with E-state index in [2.05, 4.69) is 25.9 Å². The first-order valence-electron chi connectivity index (χ1n) is 5.68. The van der Waals surface area contributed by atoms with Gasteiger partial charge in [0.15, 0.2) is 5.78 Å².